The van der Waals surface area contributed by atoms with E-state index in [-0.39, 0.29) is 17.4 Å². The van der Waals surface area contributed by atoms with E-state index in [4.69, 9.17) is 5.73 Å². The molecule has 3 aliphatic rings. The van der Waals surface area contributed by atoms with Gasteiger partial charge in [0.05, 0.1) is 22.6 Å². The van der Waals surface area contributed by atoms with E-state index < -0.39 is 15.7 Å². The van der Waals surface area contributed by atoms with Gasteiger partial charge in [-0.3, -0.25) is 4.79 Å². The Bertz CT molecular complexity index is 1100. The number of aromatic amines is 1. The number of benzene rings is 1. The van der Waals surface area contributed by atoms with Gasteiger partial charge in [-0.1, -0.05) is 12.8 Å². The van der Waals surface area contributed by atoms with Crippen LogP contribution in [-0.2, 0) is 9.84 Å². The molecule has 2 aromatic rings. The minimum atomic E-state index is -2.91. The zero-order chi connectivity index (χ0) is 20.2. The lowest BCUT2D eigenvalue weighted by Gasteiger charge is -2.21. The third kappa shape index (κ3) is 3.87. The summed E-state index contributed by atoms with van der Waals surface area (Å²) in [5, 5.41) is 3.90. The average Bonchev–Trinajstić information content (AvgIpc) is 3.20. The Hall–Kier alpha value is -1.73. The summed E-state index contributed by atoms with van der Waals surface area (Å²) in [6.45, 7) is 0. The van der Waals surface area contributed by atoms with Crippen LogP contribution in [0.5, 0.6) is 0 Å². The van der Waals surface area contributed by atoms with E-state index in [1.165, 1.54) is 24.8 Å². The van der Waals surface area contributed by atoms with E-state index >= 15 is 0 Å². The van der Waals surface area contributed by atoms with Crippen molar-refractivity contribution in [3.05, 3.63) is 40.4 Å². The van der Waals surface area contributed by atoms with Crippen LogP contribution in [0, 0.1) is 5.92 Å². The Morgan fingerprint density at radius 2 is 1.93 bits per heavy atom. The second-order valence-corrected chi connectivity index (χ2v) is 12.2. The van der Waals surface area contributed by atoms with Gasteiger partial charge in [-0.2, -0.15) is 0 Å². The number of sulfone groups is 1. The fourth-order valence-electron chi connectivity index (χ4n) is 4.74. The molecule has 1 amide bonds. The predicted molar refractivity (Wildman–Crippen MR) is 119 cm³/mol. The number of hydrogen-bond donors (Lipinski definition) is 2. The summed E-state index contributed by atoms with van der Waals surface area (Å²) in [4.78, 5) is 15.4. The number of primary amides is 1. The zero-order valence-electron chi connectivity index (χ0n) is 16.3. The molecule has 0 spiro atoms. The van der Waals surface area contributed by atoms with Crippen molar-refractivity contribution >= 4 is 44.0 Å². The van der Waals surface area contributed by atoms with Crippen LogP contribution in [-0.4, -0.2) is 36.1 Å². The van der Waals surface area contributed by atoms with E-state index in [9.17, 15) is 13.2 Å². The predicted octanol–water partition coefficient (Wildman–Crippen LogP) is 4.21. The monoisotopic (exact) mass is 430 g/mol. The highest BCUT2D eigenvalue weighted by Gasteiger charge is 2.30. The molecule has 1 saturated carbocycles. The molecule has 0 bridgehead atoms. The maximum atomic E-state index is 12.2. The molecule has 2 aliphatic heterocycles. The first kappa shape index (κ1) is 19.2. The number of H-pyrrole nitrogens is 1. The molecule has 1 atom stereocenters. The maximum absolute atomic E-state index is 12.2. The van der Waals surface area contributed by atoms with Gasteiger partial charge in [0.1, 0.15) is 9.84 Å². The van der Waals surface area contributed by atoms with Gasteiger partial charge >= 0.3 is 0 Å². The van der Waals surface area contributed by atoms with E-state index in [0.717, 1.165) is 34.4 Å². The van der Waals surface area contributed by atoms with Crippen LogP contribution in [0.15, 0.2) is 23.7 Å². The van der Waals surface area contributed by atoms with Crippen molar-refractivity contribution < 1.29 is 13.2 Å². The summed E-state index contributed by atoms with van der Waals surface area (Å²) in [5.41, 5.74) is 10.5. The lowest BCUT2D eigenvalue weighted by Crippen LogP contribution is -2.22. The minimum Gasteiger partial charge on any atom is -0.366 e. The number of nitrogens with one attached hydrogen (secondary N) is 1. The van der Waals surface area contributed by atoms with Gasteiger partial charge in [0.15, 0.2) is 0 Å². The summed E-state index contributed by atoms with van der Waals surface area (Å²) < 4.78 is 23.7. The molecule has 0 radical (unpaired) electrons. The van der Waals surface area contributed by atoms with E-state index in [2.05, 4.69) is 16.5 Å². The number of aromatic nitrogens is 1. The number of rotatable bonds is 5. The van der Waals surface area contributed by atoms with Crippen molar-refractivity contribution in [1.82, 2.24) is 4.98 Å². The summed E-state index contributed by atoms with van der Waals surface area (Å²) in [6.07, 6.45) is 8.26. The molecule has 2 fully saturated rings. The van der Waals surface area contributed by atoms with E-state index in [0.29, 0.717) is 23.7 Å². The fraction of sp³-hybridized carbons (Fsp3) is 0.500. The van der Waals surface area contributed by atoms with Gasteiger partial charge in [0.2, 0.25) is 0 Å². The normalized spacial score (nSPS) is 24.7. The highest BCUT2D eigenvalue weighted by atomic mass is 32.2. The Labute approximate surface area is 175 Å². The Morgan fingerprint density at radius 3 is 2.62 bits per heavy atom. The molecular weight excluding hydrogens is 404 g/mol. The molecule has 1 unspecified atom stereocenters. The second-order valence-electron chi connectivity index (χ2n) is 8.77. The van der Waals surface area contributed by atoms with Crippen molar-refractivity contribution in [2.24, 2.45) is 11.7 Å². The van der Waals surface area contributed by atoms with Gasteiger partial charge < -0.3 is 10.7 Å². The average molecular weight is 431 g/mol. The van der Waals surface area contributed by atoms with Crippen molar-refractivity contribution in [2.45, 2.75) is 49.7 Å². The molecule has 1 aliphatic carbocycles. The van der Waals surface area contributed by atoms with Gasteiger partial charge in [0.25, 0.3) is 5.91 Å². The van der Waals surface area contributed by atoms with Gasteiger partial charge in [-0.15, -0.1) is 11.8 Å². The first-order chi connectivity index (χ1) is 13.9. The lowest BCUT2D eigenvalue weighted by atomic mass is 9.90. The first-order valence-electron chi connectivity index (χ1n) is 10.4. The number of fused-ring (bicyclic) bond motifs is 1. The molecule has 1 aromatic heterocycles. The molecule has 154 valence electrons. The SMILES string of the molecule is NC(=O)c1cc(C2=CSC(CC3CC3)C2)cc2c(C3CCS(=O)(=O)CC3)c[nH]c12. The number of thioether (sulfide) groups is 1. The van der Waals surface area contributed by atoms with Crippen LogP contribution in [0.3, 0.4) is 0 Å². The molecule has 5 nitrogen and oxygen atoms in total. The molecule has 3 N–H and O–H groups in total. The van der Waals surface area contributed by atoms with Crippen LogP contribution < -0.4 is 5.73 Å². The van der Waals surface area contributed by atoms with Crippen molar-refractivity contribution in [3.63, 3.8) is 0 Å². The second kappa shape index (κ2) is 7.20. The van der Waals surface area contributed by atoms with Crippen LogP contribution in [0.1, 0.15) is 65.9 Å². The van der Waals surface area contributed by atoms with Crippen LogP contribution in [0.25, 0.3) is 16.5 Å². The third-order valence-corrected chi connectivity index (χ3v) is 9.48. The van der Waals surface area contributed by atoms with Crippen LogP contribution in [0.4, 0.5) is 0 Å². The van der Waals surface area contributed by atoms with Gasteiger partial charge in [-0.25, -0.2) is 8.42 Å². The summed E-state index contributed by atoms with van der Waals surface area (Å²) in [7, 11) is -2.91. The van der Waals surface area contributed by atoms with Crippen LogP contribution in [0.2, 0.25) is 0 Å². The molecule has 3 heterocycles. The van der Waals surface area contributed by atoms with E-state index in [1.54, 1.807) is 0 Å². The first-order valence-corrected chi connectivity index (χ1v) is 13.2. The highest BCUT2D eigenvalue weighted by Crippen LogP contribution is 2.45. The Kier molecular flexibility index (Phi) is 4.78. The fourth-order valence-corrected chi connectivity index (χ4v) is 7.48. The maximum Gasteiger partial charge on any atom is 0.250 e. The van der Waals surface area contributed by atoms with E-state index in [1.807, 2.05) is 24.0 Å². The summed E-state index contributed by atoms with van der Waals surface area (Å²) in [5.74, 6) is 1.13. The third-order valence-electron chi connectivity index (χ3n) is 6.60. The molecule has 5 rings (SSSR count). The summed E-state index contributed by atoms with van der Waals surface area (Å²) in [6, 6.07) is 4.09. The van der Waals surface area contributed by atoms with Crippen molar-refractivity contribution in [3.8, 4) is 0 Å². The van der Waals surface area contributed by atoms with Gasteiger partial charge in [0, 0.05) is 16.8 Å². The molecule has 1 aromatic carbocycles. The van der Waals surface area contributed by atoms with Crippen molar-refractivity contribution in [2.75, 3.05) is 11.5 Å². The van der Waals surface area contributed by atoms with Gasteiger partial charge in [-0.05, 0) is 71.8 Å². The Balaban J connectivity index is 1.49. The number of allylic oxidation sites excluding steroid dienone is 1. The number of nitrogens with two attached hydrogens (primary N) is 1. The molecule has 29 heavy (non-hydrogen) atoms. The molecule has 7 heteroatoms. The minimum absolute atomic E-state index is 0.192. The standard InChI is InChI=1S/C22H26N2O3S2/c23-22(25)19-10-15(16-8-17(28-12-16)7-13-1-2-13)9-18-20(11-24-21(18)19)14-3-5-29(26,27)6-4-14/h9-14,17,24H,1-8H2,(H2,23,25). The van der Waals surface area contributed by atoms with Crippen LogP contribution >= 0.6 is 11.8 Å². The highest BCUT2D eigenvalue weighted by molar-refractivity contribution is 8.03. The number of amides is 1. The smallest absolute Gasteiger partial charge is 0.250 e. The molecule has 1 saturated heterocycles. The number of carbonyl (C=O) groups is 1. The summed E-state index contributed by atoms with van der Waals surface area (Å²) >= 11 is 1.91. The number of carbonyl (C=O) groups excluding carboxylic acids is 1. The quantitative estimate of drug-likeness (QED) is 0.743. The lowest BCUT2D eigenvalue weighted by molar-refractivity contribution is 0.100. The largest absolute Gasteiger partial charge is 0.366 e. The zero-order valence-corrected chi connectivity index (χ0v) is 17.9. The Morgan fingerprint density at radius 1 is 1.17 bits per heavy atom. The van der Waals surface area contributed by atoms with Crippen molar-refractivity contribution in [1.29, 1.82) is 0 Å². The topological polar surface area (TPSA) is 93.0 Å². The number of hydrogen-bond acceptors (Lipinski definition) is 4. The molecular formula is C22H26N2O3S2.